The lowest BCUT2D eigenvalue weighted by atomic mass is 10.1. The quantitative estimate of drug-likeness (QED) is 0.819. The fourth-order valence-corrected chi connectivity index (χ4v) is 1.67. The molecule has 0 radical (unpaired) electrons. The van der Waals surface area contributed by atoms with Crippen molar-refractivity contribution in [2.45, 2.75) is 24.9 Å². The molecule has 0 bridgehead atoms. The fraction of sp³-hybridized carbons (Fsp3) is 0.500. The van der Waals surface area contributed by atoms with E-state index in [-0.39, 0.29) is 0 Å². The number of rotatable bonds is 4. The van der Waals surface area contributed by atoms with Crippen molar-refractivity contribution in [1.29, 1.82) is 0 Å². The van der Waals surface area contributed by atoms with Crippen LogP contribution in [0.5, 0.6) is 11.5 Å². The number of aliphatic hydroxyl groups is 1. The third kappa shape index (κ3) is 2.42. The van der Waals surface area contributed by atoms with Crippen LogP contribution in [0, 0.1) is 0 Å². The van der Waals surface area contributed by atoms with Crippen LogP contribution in [0.2, 0.25) is 0 Å². The molecule has 1 aromatic carbocycles. The number of benzene rings is 1. The monoisotopic (exact) mass is 208 g/mol. The third-order valence-electron chi connectivity index (χ3n) is 2.77. The van der Waals surface area contributed by atoms with E-state index in [0.29, 0.717) is 6.42 Å². The average molecular weight is 208 g/mol. The molecule has 82 valence electrons. The summed E-state index contributed by atoms with van der Waals surface area (Å²) in [6.45, 7) is 0. The molecular weight excluding hydrogens is 192 g/mol. The zero-order valence-corrected chi connectivity index (χ0v) is 9.12. The zero-order valence-electron chi connectivity index (χ0n) is 9.12. The molecule has 0 heterocycles. The van der Waals surface area contributed by atoms with Gasteiger partial charge in [-0.3, -0.25) is 0 Å². The molecule has 1 aliphatic carbocycles. The molecule has 3 heteroatoms. The van der Waals surface area contributed by atoms with E-state index in [9.17, 15) is 5.11 Å². The van der Waals surface area contributed by atoms with Crippen LogP contribution < -0.4 is 9.47 Å². The average Bonchev–Trinajstić information content (AvgIpc) is 2.95. The Kier molecular flexibility index (Phi) is 2.57. The minimum absolute atomic E-state index is 0.475. The molecule has 2 rings (SSSR count). The molecule has 1 saturated carbocycles. The maximum absolute atomic E-state index is 9.83. The van der Waals surface area contributed by atoms with Crippen LogP contribution >= 0.6 is 0 Å². The zero-order chi connectivity index (χ0) is 10.9. The van der Waals surface area contributed by atoms with E-state index in [0.717, 1.165) is 29.9 Å². The lowest BCUT2D eigenvalue weighted by Gasteiger charge is -2.11. The first-order valence-corrected chi connectivity index (χ1v) is 5.09. The number of hydrogen-bond acceptors (Lipinski definition) is 3. The molecule has 1 fully saturated rings. The summed E-state index contributed by atoms with van der Waals surface area (Å²) < 4.78 is 10.3. The molecule has 3 nitrogen and oxygen atoms in total. The Balaban J connectivity index is 2.21. The number of ether oxygens (including phenoxy) is 2. The Morgan fingerprint density at radius 3 is 2.07 bits per heavy atom. The molecule has 15 heavy (non-hydrogen) atoms. The van der Waals surface area contributed by atoms with E-state index in [1.165, 1.54) is 0 Å². The molecule has 1 aliphatic rings. The van der Waals surface area contributed by atoms with Gasteiger partial charge in [-0.1, -0.05) is 0 Å². The van der Waals surface area contributed by atoms with Crippen molar-refractivity contribution >= 4 is 0 Å². The van der Waals surface area contributed by atoms with E-state index in [2.05, 4.69) is 0 Å². The summed E-state index contributed by atoms with van der Waals surface area (Å²) in [7, 11) is 3.26. The second kappa shape index (κ2) is 3.74. The minimum Gasteiger partial charge on any atom is -0.497 e. The second-order valence-corrected chi connectivity index (χ2v) is 4.12. The number of hydrogen-bond donors (Lipinski definition) is 1. The van der Waals surface area contributed by atoms with Gasteiger partial charge >= 0.3 is 0 Å². The molecule has 1 N–H and O–H groups in total. The van der Waals surface area contributed by atoms with Gasteiger partial charge in [-0.25, -0.2) is 0 Å². The highest BCUT2D eigenvalue weighted by Gasteiger charge is 2.40. The lowest BCUT2D eigenvalue weighted by molar-refractivity contribution is 0.151. The Morgan fingerprint density at radius 2 is 1.67 bits per heavy atom. The first kappa shape index (κ1) is 10.3. The largest absolute Gasteiger partial charge is 0.497 e. The summed E-state index contributed by atoms with van der Waals surface area (Å²) in [5.74, 6) is 1.54. The van der Waals surface area contributed by atoms with Crippen molar-refractivity contribution in [3.05, 3.63) is 23.8 Å². The fourth-order valence-electron chi connectivity index (χ4n) is 1.67. The van der Waals surface area contributed by atoms with Gasteiger partial charge in [0.2, 0.25) is 0 Å². The Morgan fingerprint density at radius 1 is 1.13 bits per heavy atom. The third-order valence-corrected chi connectivity index (χ3v) is 2.77. The Hall–Kier alpha value is -1.22. The molecule has 0 aromatic heterocycles. The molecule has 1 aromatic rings. The second-order valence-electron chi connectivity index (χ2n) is 4.12. The minimum atomic E-state index is -0.475. The summed E-state index contributed by atoms with van der Waals surface area (Å²) in [4.78, 5) is 0. The van der Waals surface area contributed by atoms with Crippen LogP contribution in [0.15, 0.2) is 18.2 Å². The summed E-state index contributed by atoms with van der Waals surface area (Å²) in [5, 5.41) is 9.83. The standard InChI is InChI=1S/C12H16O3/c1-14-10-5-9(6-11(7-10)15-2)8-12(13)3-4-12/h5-7,13H,3-4,8H2,1-2H3. The topological polar surface area (TPSA) is 38.7 Å². The Labute approximate surface area is 89.6 Å². The van der Waals surface area contributed by atoms with E-state index < -0.39 is 5.60 Å². The maximum Gasteiger partial charge on any atom is 0.122 e. The van der Waals surface area contributed by atoms with Gasteiger partial charge in [-0.15, -0.1) is 0 Å². The molecule has 0 spiro atoms. The summed E-state index contributed by atoms with van der Waals surface area (Å²) in [6.07, 6.45) is 2.47. The lowest BCUT2D eigenvalue weighted by Crippen LogP contribution is -2.10. The van der Waals surface area contributed by atoms with Crippen LogP contribution in [-0.2, 0) is 6.42 Å². The number of methoxy groups -OCH3 is 2. The van der Waals surface area contributed by atoms with Gasteiger partial charge in [-0.05, 0) is 30.5 Å². The van der Waals surface area contributed by atoms with Gasteiger partial charge < -0.3 is 14.6 Å². The highest BCUT2D eigenvalue weighted by atomic mass is 16.5. The predicted octanol–water partition coefficient (Wildman–Crippen LogP) is 1.77. The van der Waals surface area contributed by atoms with E-state index >= 15 is 0 Å². The first-order valence-electron chi connectivity index (χ1n) is 5.09. The van der Waals surface area contributed by atoms with Crippen LogP contribution in [0.4, 0.5) is 0 Å². The molecule has 0 atom stereocenters. The normalized spacial score (nSPS) is 17.3. The van der Waals surface area contributed by atoms with Gasteiger partial charge in [-0.2, -0.15) is 0 Å². The van der Waals surface area contributed by atoms with Crippen molar-refractivity contribution in [2.75, 3.05) is 14.2 Å². The summed E-state index contributed by atoms with van der Waals surface area (Å²) >= 11 is 0. The summed E-state index contributed by atoms with van der Waals surface area (Å²) in [5.41, 5.74) is 0.586. The SMILES string of the molecule is COc1cc(CC2(O)CC2)cc(OC)c1. The predicted molar refractivity (Wildman–Crippen MR) is 57.4 cm³/mol. The Bertz CT molecular complexity index is 334. The highest BCUT2D eigenvalue weighted by molar-refractivity contribution is 5.39. The van der Waals surface area contributed by atoms with Gasteiger partial charge in [0, 0.05) is 12.5 Å². The van der Waals surface area contributed by atoms with Gasteiger partial charge in [0.15, 0.2) is 0 Å². The van der Waals surface area contributed by atoms with Crippen LogP contribution in [0.3, 0.4) is 0 Å². The maximum atomic E-state index is 9.83. The van der Waals surface area contributed by atoms with E-state index in [4.69, 9.17) is 9.47 Å². The van der Waals surface area contributed by atoms with Gasteiger partial charge in [0.05, 0.1) is 19.8 Å². The molecular formula is C12H16O3. The van der Waals surface area contributed by atoms with Crippen LogP contribution in [-0.4, -0.2) is 24.9 Å². The van der Waals surface area contributed by atoms with Crippen molar-refractivity contribution in [3.63, 3.8) is 0 Å². The molecule has 0 unspecified atom stereocenters. The van der Waals surface area contributed by atoms with Gasteiger partial charge in [0.1, 0.15) is 11.5 Å². The van der Waals surface area contributed by atoms with Crippen LogP contribution in [0.25, 0.3) is 0 Å². The molecule has 0 saturated heterocycles. The molecule has 0 amide bonds. The summed E-state index contributed by atoms with van der Waals surface area (Å²) in [6, 6.07) is 5.72. The van der Waals surface area contributed by atoms with Crippen molar-refractivity contribution in [2.24, 2.45) is 0 Å². The molecule has 0 aliphatic heterocycles. The van der Waals surface area contributed by atoms with Crippen LogP contribution in [0.1, 0.15) is 18.4 Å². The first-order chi connectivity index (χ1) is 7.15. The van der Waals surface area contributed by atoms with Crippen molar-refractivity contribution < 1.29 is 14.6 Å². The highest BCUT2D eigenvalue weighted by Crippen LogP contribution is 2.39. The smallest absolute Gasteiger partial charge is 0.122 e. The van der Waals surface area contributed by atoms with E-state index in [1.54, 1.807) is 14.2 Å². The van der Waals surface area contributed by atoms with Crippen molar-refractivity contribution in [1.82, 2.24) is 0 Å². The van der Waals surface area contributed by atoms with Gasteiger partial charge in [0.25, 0.3) is 0 Å². The van der Waals surface area contributed by atoms with E-state index in [1.807, 2.05) is 18.2 Å². The van der Waals surface area contributed by atoms with Crippen molar-refractivity contribution in [3.8, 4) is 11.5 Å².